The van der Waals surface area contributed by atoms with Crippen LogP contribution in [0.2, 0.25) is 0 Å². The molecule has 5 rings (SSSR count). The zero-order valence-corrected chi connectivity index (χ0v) is 24.4. The van der Waals surface area contributed by atoms with Gasteiger partial charge in [0.05, 0.1) is 11.0 Å². The molecule has 1 unspecified atom stereocenters. The van der Waals surface area contributed by atoms with Crippen LogP contribution in [0.4, 0.5) is 20.5 Å². The van der Waals surface area contributed by atoms with Gasteiger partial charge in [-0.3, -0.25) is 4.90 Å². The van der Waals surface area contributed by atoms with Crippen molar-refractivity contribution in [3.05, 3.63) is 77.5 Å². The molecule has 4 aromatic rings. The lowest BCUT2D eigenvalue weighted by Gasteiger charge is -2.24. The second-order valence-electron chi connectivity index (χ2n) is 10.9. The third-order valence-corrected chi connectivity index (χ3v) is 7.74. The molecule has 0 aliphatic carbocycles. The van der Waals surface area contributed by atoms with Crippen molar-refractivity contribution in [1.82, 2.24) is 19.4 Å². The summed E-state index contributed by atoms with van der Waals surface area (Å²) in [4.78, 5) is 23.7. The minimum Gasteiger partial charge on any atom is -0.492 e. The third-order valence-electron chi connectivity index (χ3n) is 7.74. The molecule has 3 heterocycles. The molecule has 11 heteroatoms. The van der Waals surface area contributed by atoms with Crippen molar-refractivity contribution in [1.29, 1.82) is 0 Å². The number of aryl methyl sites for hydroxylation is 3. The van der Waals surface area contributed by atoms with E-state index in [1.807, 2.05) is 35.9 Å². The molecule has 0 saturated carbocycles. The average Bonchev–Trinajstić information content (AvgIpc) is 3.31. The first kappa shape index (κ1) is 30.2. The molecular weight excluding hydrogens is 554 g/mol. The number of imidazole rings is 1. The van der Waals surface area contributed by atoms with Gasteiger partial charge >= 0.3 is 5.97 Å². The topological polar surface area (TPSA) is 105 Å². The highest BCUT2D eigenvalue weighted by molar-refractivity contribution is 5.81. The number of para-hydroxylation sites is 2. The van der Waals surface area contributed by atoms with Crippen LogP contribution >= 0.6 is 0 Å². The number of benzene rings is 2. The maximum absolute atomic E-state index is 13.6. The molecule has 1 aliphatic heterocycles. The standard InChI is InChI=1S/C32H38F2N6O3/c1-39-29-10-3-2-9-27(29)37-32(39)38-28(31(41)42)13-16-40(17-18-43-26-20-23(33)19-24(34)21-26)15-5-4-8-25-12-11-22-7-6-14-35-30(22)36-25/h2-3,9-12,19-21,28H,4-8,13-18H2,1H3,(H,35,36)(H,37,38)(H,41,42). The van der Waals surface area contributed by atoms with Crippen LogP contribution < -0.4 is 15.4 Å². The van der Waals surface area contributed by atoms with Crippen molar-refractivity contribution in [2.75, 3.05) is 43.4 Å². The van der Waals surface area contributed by atoms with E-state index >= 15 is 0 Å². The summed E-state index contributed by atoms with van der Waals surface area (Å²) in [6, 6.07) is 14.1. The number of pyridine rings is 1. The highest BCUT2D eigenvalue weighted by Crippen LogP contribution is 2.21. The van der Waals surface area contributed by atoms with Gasteiger partial charge in [-0.15, -0.1) is 0 Å². The summed E-state index contributed by atoms with van der Waals surface area (Å²) in [6.45, 7) is 2.82. The number of halogens is 2. The Morgan fingerprint density at radius 3 is 2.70 bits per heavy atom. The first-order chi connectivity index (χ1) is 20.9. The number of hydrogen-bond donors (Lipinski definition) is 3. The number of fused-ring (bicyclic) bond motifs is 2. The predicted octanol–water partition coefficient (Wildman–Crippen LogP) is 5.26. The summed E-state index contributed by atoms with van der Waals surface area (Å²) in [5, 5.41) is 16.5. The molecule has 1 aliphatic rings. The Morgan fingerprint density at radius 1 is 1.09 bits per heavy atom. The Hall–Kier alpha value is -4.25. The van der Waals surface area contributed by atoms with Gasteiger partial charge in [0.15, 0.2) is 0 Å². The van der Waals surface area contributed by atoms with E-state index in [2.05, 4.69) is 32.7 Å². The van der Waals surface area contributed by atoms with Crippen molar-refractivity contribution in [2.45, 2.75) is 44.6 Å². The van der Waals surface area contributed by atoms with Crippen LogP contribution in [0.1, 0.15) is 36.9 Å². The fraction of sp³-hybridized carbons (Fsp3) is 0.406. The van der Waals surface area contributed by atoms with Crippen LogP contribution in [0.25, 0.3) is 11.0 Å². The largest absolute Gasteiger partial charge is 0.492 e. The highest BCUT2D eigenvalue weighted by atomic mass is 19.1. The number of carboxylic acids is 1. The lowest BCUT2D eigenvalue weighted by molar-refractivity contribution is -0.138. The molecule has 2 aromatic carbocycles. The van der Waals surface area contributed by atoms with Crippen molar-refractivity contribution in [3.8, 4) is 5.75 Å². The SMILES string of the molecule is Cn1c(NC(CCN(CCCCc2ccc3c(n2)NCCC3)CCOc2cc(F)cc(F)c2)C(=O)O)nc2ccccc21. The van der Waals surface area contributed by atoms with Crippen LogP contribution in [-0.4, -0.2) is 69.3 Å². The Morgan fingerprint density at radius 2 is 1.91 bits per heavy atom. The minimum absolute atomic E-state index is 0.122. The maximum Gasteiger partial charge on any atom is 0.326 e. The number of ether oxygens (including phenoxy) is 1. The van der Waals surface area contributed by atoms with E-state index in [1.165, 1.54) is 5.56 Å². The molecule has 0 radical (unpaired) electrons. The van der Waals surface area contributed by atoms with Crippen molar-refractivity contribution in [3.63, 3.8) is 0 Å². The first-order valence-corrected chi connectivity index (χ1v) is 14.8. The summed E-state index contributed by atoms with van der Waals surface area (Å²) >= 11 is 0. The summed E-state index contributed by atoms with van der Waals surface area (Å²) in [5.41, 5.74) is 4.01. The van der Waals surface area contributed by atoms with Gasteiger partial charge in [0, 0.05) is 50.6 Å². The monoisotopic (exact) mass is 592 g/mol. The average molecular weight is 593 g/mol. The number of aromatic nitrogens is 3. The Bertz CT molecular complexity index is 1520. The fourth-order valence-electron chi connectivity index (χ4n) is 5.39. The van der Waals surface area contributed by atoms with Gasteiger partial charge < -0.3 is 25.0 Å². The maximum atomic E-state index is 13.6. The van der Waals surface area contributed by atoms with E-state index in [0.717, 1.165) is 79.4 Å². The molecule has 2 aromatic heterocycles. The van der Waals surface area contributed by atoms with Gasteiger partial charge in [-0.2, -0.15) is 0 Å². The number of rotatable bonds is 15. The number of anilines is 2. The van der Waals surface area contributed by atoms with Crippen LogP contribution in [0, 0.1) is 11.6 Å². The molecule has 3 N–H and O–H groups in total. The molecule has 43 heavy (non-hydrogen) atoms. The smallest absolute Gasteiger partial charge is 0.326 e. The van der Waals surface area contributed by atoms with Gasteiger partial charge in [-0.1, -0.05) is 18.2 Å². The molecule has 0 bridgehead atoms. The Kier molecular flexibility index (Phi) is 10.0. The van der Waals surface area contributed by atoms with Gasteiger partial charge in [0.25, 0.3) is 0 Å². The van der Waals surface area contributed by atoms with E-state index in [4.69, 9.17) is 9.72 Å². The molecule has 0 saturated heterocycles. The minimum atomic E-state index is -0.967. The van der Waals surface area contributed by atoms with E-state index in [-0.39, 0.29) is 12.4 Å². The van der Waals surface area contributed by atoms with Crippen molar-refractivity contribution >= 4 is 28.8 Å². The van der Waals surface area contributed by atoms with Gasteiger partial charge in [0.1, 0.15) is 35.9 Å². The Balaban J connectivity index is 1.18. The number of carboxylic acid groups (broad SMARTS) is 1. The second-order valence-corrected chi connectivity index (χ2v) is 10.9. The summed E-state index contributed by atoms with van der Waals surface area (Å²) in [6.07, 6.45) is 5.13. The lowest BCUT2D eigenvalue weighted by atomic mass is 10.1. The quantitative estimate of drug-likeness (QED) is 0.161. The lowest BCUT2D eigenvalue weighted by Crippen LogP contribution is -2.37. The molecule has 0 fully saturated rings. The normalized spacial score (nSPS) is 13.5. The molecule has 0 amide bonds. The number of unbranched alkanes of at least 4 members (excludes halogenated alkanes) is 1. The van der Waals surface area contributed by atoms with Crippen molar-refractivity contribution < 1.29 is 23.4 Å². The van der Waals surface area contributed by atoms with E-state index < -0.39 is 23.6 Å². The number of hydrogen-bond acceptors (Lipinski definition) is 7. The summed E-state index contributed by atoms with van der Waals surface area (Å²) in [7, 11) is 1.85. The molecule has 9 nitrogen and oxygen atoms in total. The third kappa shape index (κ3) is 8.19. The van der Waals surface area contributed by atoms with Gasteiger partial charge in [-0.25, -0.2) is 23.5 Å². The molecule has 228 valence electrons. The Labute approximate surface area is 249 Å². The van der Waals surface area contributed by atoms with Crippen LogP contribution in [0.5, 0.6) is 5.75 Å². The van der Waals surface area contributed by atoms with E-state index in [0.29, 0.717) is 32.0 Å². The zero-order chi connectivity index (χ0) is 30.2. The summed E-state index contributed by atoms with van der Waals surface area (Å²) < 4.78 is 34.7. The van der Waals surface area contributed by atoms with Crippen molar-refractivity contribution in [2.24, 2.45) is 7.05 Å². The number of nitrogens with one attached hydrogen (secondary N) is 2. The van der Waals surface area contributed by atoms with Crippen LogP contribution in [-0.2, 0) is 24.7 Å². The van der Waals surface area contributed by atoms with Crippen LogP contribution in [0.15, 0.2) is 54.6 Å². The predicted molar refractivity (Wildman–Crippen MR) is 163 cm³/mol. The number of aliphatic carboxylic acids is 1. The fourth-order valence-corrected chi connectivity index (χ4v) is 5.39. The van der Waals surface area contributed by atoms with Gasteiger partial charge in [-0.05, 0) is 68.8 Å². The van der Waals surface area contributed by atoms with Gasteiger partial charge in [0.2, 0.25) is 5.95 Å². The van der Waals surface area contributed by atoms with Crippen LogP contribution in [0.3, 0.4) is 0 Å². The van der Waals surface area contributed by atoms with E-state index in [1.54, 1.807) is 0 Å². The number of carbonyl (C=O) groups is 1. The molecular formula is C32H38F2N6O3. The second kappa shape index (κ2) is 14.3. The molecule has 0 spiro atoms. The zero-order valence-electron chi connectivity index (χ0n) is 24.4. The highest BCUT2D eigenvalue weighted by Gasteiger charge is 2.21. The molecule has 1 atom stereocenters. The van der Waals surface area contributed by atoms with E-state index in [9.17, 15) is 18.7 Å². The first-order valence-electron chi connectivity index (χ1n) is 14.8. The summed E-state index contributed by atoms with van der Waals surface area (Å²) in [5.74, 6) is -0.764. The number of nitrogens with zero attached hydrogens (tertiary/aromatic N) is 4.